The van der Waals surface area contributed by atoms with E-state index in [0.717, 1.165) is 11.1 Å². The van der Waals surface area contributed by atoms with Crippen LogP contribution < -0.4 is 5.32 Å². The van der Waals surface area contributed by atoms with E-state index >= 15 is 0 Å². The van der Waals surface area contributed by atoms with Gasteiger partial charge < -0.3 is 0 Å². The first-order valence-electron chi connectivity index (χ1n) is 6.17. The second kappa shape index (κ2) is 6.55. The molecule has 2 amide bonds. The number of nitrogens with one attached hydrogen (secondary N) is 1. The van der Waals surface area contributed by atoms with E-state index in [9.17, 15) is 9.59 Å². The molecule has 1 unspecified atom stereocenters. The Hall–Kier alpha value is -1.35. The van der Waals surface area contributed by atoms with Gasteiger partial charge in [-0.1, -0.05) is 37.6 Å². The molecule has 1 heterocycles. The van der Waals surface area contributed by atoms with E-state index in [0.29, 0.717) is 17.9 Å². The van der Waals surface area contributed by atoms with Gasteiger partial charge in [0.15, 0.2) is 0 Å². The number of carbonyl (C=O) groups is 2. The minimum atomic E-state index is -0.254. The van der Waals surface area contributed by atoms with Gasteiger partial charge >= 0.3 is 0 Å². The molecule has 1 aliphatic rings. The van der Waals surface area contributed by atoms with E-state index in [1.807, 2.05) is 32.9 Å². The monoisotopic (exact) mass is 267 g/mol. The zero-order valence-electron chi connectivity index (χ0n) is 10.9. The SMILES string of the molecule is CC.Cc1ccc(C2CCC(=O)NC2=O)cc1Cl. The Morgan fingerprint density at radius 3 is 2.50 bits per heavy atom. The Morgan fingerprint density at radius 1 is 1.28 bits per heavy atom. The van der Waals surface area contributed by atoms with E-state index in [1.54, 1.807) is 6.07 Å². The van der Waals surface area contributed by atoms with E-state index < -0.39 is 0 Å². The van der Waals surface area contributed by atoms with Crippen LogP contribution in [0, 0.1) is 6.92 Å². The average Bonchev–Trinajstić information content (AvgIpc) is 2.35. The molecule has 1 N–H and O–H groups in total. The average molecular weight is 268 g/mol. The Kier molecular flexibility index (Phi) is 5.35. The van der Waals surface area contributed by atoms with Crippen LogP contribution in [-0.2, 0) is 9.59 Å². The number of imide groups is 1. The topological polar surface area (TPSA) is 46.2 Å². The second-order valence-corrected chi connectivity index (χ2v) is 4.42. The van der Waals surface area contributed by atoms with Gasteiger partial charge in [0.1, 0.15) is 0 Å². The predicted octanol–water partition coefficient (Wildman–Crippen LogP) is 3.19. The molecule has 3 nitrogen and oxygen atoms in total. The molecular formula is C14H18ClNO2. The molecule has 1 fully saturated rings. The summed E-state index contributed by atoms with van der Waals surface area (Å²) in [7, 11) is 0. The molecule has 2 rings (SSSR count). The van der Waals surface area contributed by atoms with Crippen LogP contribution in [0.4, 0.5) is 0 Å². The lowest BCUT2D eigenvalue weighted by Crippen LogP contribution is -2.39. The number of aryl methyl sites for hydroxylation is 1. The van der Waals surface area contributed by atoms with Gasteiger partial charge in [0.05, 0.1) is 5.92 Å². The lowest BCUT2D eigenvalue weighted by atomic mass is 9.90. The molecule has 0 radical (unpaired) electrons. The highest BCUT2D eigenvalue weighted by atomic mass is 35.5. The Morgan fingerprint density at radius 2 is 1.94 bits per heavy atom. The molecule has 1 aromatic rings. The Bertz CT molecular complexity index is 457. The zero-order valence-corrected chi connectivity index (χ0v) is 11.7. The normalized spacial score (nSPS) is 18.8. The number of carbonyl (C=O) groups excluding carboxylic acids is 2. The first kappa shape index (κ1) is 14.7. The lowest BCUT2D eigenvalue weighted by molar-refractivity contribution is -0.134. The quantitative estimate of drug-likeness (QED) is 0.795. The minimum Gasteiger partial charge on any atom is -0.296 e. The van der Waals surface area contributed by atoms with E-state index in [-0.39, 0.29) is 17.7 Å². The molecule has 4 heteroatoms. The lowest BCUT2D eigenvalue weighted by Gasteiger charge is -2.21. The second-order valence-electron chi connectivity index (χ2n) is 4.01. The van der Waals surface area contributed by atoms with Crippen molar-refractivity contribution in [2.75, 3.05) is 0 Å². The first-order valence-corrected chi connectivity index (χ1v) is 6.55. The number of hydrogen-bond donors (Lipinski definition) is 1. The van der Waals surface area contributed by atoms with Gasteiger partial charge in [-0.25, -0.2) is 0 Å². The number of amides is 2. The van der Waals surface area contributed by atoms with Crippen LogP contribution in [0.3, 0.4) is 0 Å². The van der Waals surface area contributed by atoms with Crippen molar-refractivity contribution in [3.8, 4) is 0 Å². The predicted molar refractivity (Wildman–Crippen MR) is 72.7 cm³/mol. The molecule has 1 atom stereocenters. The molecule has 98 valence electrons. The van der Waals surface area contributed by atoms with E-state index in [2.05, 4.69) is 5.32 Å². The van der Waals surface area contributed by atoms with Crippen LogP contribution in [-0.4, -0.2) is 11.8 Å². The van der Waals surface area contributed by atoms with Crippen LogP contribution in [0.25, 0.3) is 0 Å². The molecule has 1 aromatic carbocycles. The van der Waals surface area contributed by atoms with Crippen molar-refractivity contribution >= 4 is 23.4 Å². The van der Waals surface area contributed by atoms with Crippen LogP contribution in [0.5, 0.6) is 0 Å². The van der Waals surface area contributed by atoms with E-state index in [1.165, 1.54) is 0 Å². The summed E-state index contributed by atoms with van der Waals surface area (Å²) in [4.78, 5) is 22.6. The van der Waals surface area contributed by atoms with Gasteiger partial charge in [0.2, 0.25) is 11.8 Å². The van der Waals surface area contributed by atoms with Gasteiger partial charge in [-0.2, -0.15) is 0 Å². The van der Waals surface area contributed by atoms with Crippen molar-refractivity contribution in [2.45, 2.75) is 39.5 Å². The first-order chi connectivity index (χ1) is 8.58. The van der Waals surface area contributed by atoms with Crippen molar-refractivity contribution in [1.82, 2.24) is 5.32 Å². The molecule has 0 aliphatic carbocycles. The number of rotatable bonds is 1. The fourth-order valence-corrected chi connectivity index (χ4v) is 2.03. The van der Waals surface area contributed by atoms with Crippen molar-refractivity contribution in [3.05, 3.63) is 34.3 Å². The highest BCUT2D eigenvalue weighted by Gasteiger charge is 2.27. The summed E-state index contributed by atoms with van der Waals surface area (Å²) in [6, 6.07) is 5.58. The fraction of sp³-hybridized carbons (Fsp3) is 0.429. The number of benzene rings is 1. The summed E-state index contributed by atoms with van der Waals surface area (Å²) in [5, 5.41) is 3.00. The van der Waals surface area contributed by atoms with Crippen LogP contribution in [0.1, 0.15) is 43.7 Å². The van der Waals surface area contributed by atoms with Gasteiger partial charge in [0, 0.05) is 11.4 Å². The van der Waals surface area contributed by atoms with Crippen LogP contribution in [0.2, 0.25) is 5.02 Å². The molecular weight excluding hydrogens is 250 g/mol. The third kappa shape index (κ3) is 3.33. The Labute approximate surface area is 113 Å². The van der Waals surface area contributed by atoms with Crippen molar-refractivity contribution in [3.63, 3.8) is 0 Å². The molecule has 0 aromatic heterocycles. The largest absolute Gasteiger partial charge is 0.296 e. The van der Waals surface area contributed by atoms with Crippen LogP contribution >= 0.6 is 11.6 Å². The third-order valence-corrected chi connectivity index (χ3v) is 3.24. The standard InChI is InChI=1S/C12H12ClNO2.C2H6/c1-7-2-3-8(6-10(7)13)9-4-5-11(15)14-12(9)16;1-2/h2-3,6,9H,4-5H2,1H3,(H,14,15,16);1-2H3. The maximum atomic E-state index is 11.6. The van der Waals surface area contributed by atoms with Gasteiger partial charge in [-0.15, -0.1) is 0 Å². The summed E-state index contributed by atoms with van der Waals surface area (Å²) in [6.45, 7) is 5.91. The highest BCUT2D eigenvalue weighted by molar-refractivity contribution is 6.31. The molecule has 1 aliphatic heterocycles. The summed E-state index contributed by atoms with van der Waals surface area (Å²) in [5.41, 5.74) is 1.86. The summed E-state index contributed by atoms with van der Waals surface area (Å²) in [6.07, 6.45) is 0.950. The zero-order chi connectivity index (χ0) is 13.7. The van der Waals surface area contributed by atoms with Gasteiger partial charge in [0.25, 0.3) is 0 Å². The molecule has 0 bridgehead atoms. The van der Waals surface area contributed by atoms with Gasteiger partial charge in [-0.05, 0) is 30.5 Å². The summed E-state index contributed by atoms with van der Waals surface area (Å²) in [5.74, 6) is -0.675. The third-order valence-electron chi connectivity index (χ3n) is 2.84. The number of hydrogen-bond acceptors (Lipinski definition) is 2. The Balaban J connectivity index is 0.000000771. The highest BCUT2D eigenvalue weighted by Crippen LogP contribution is 2.28. The minimum absolute atomic E-state index is 0.195. The van der Waals surface area contributed by atoms with Gasteiger partial charge in [-0.3, -0.25) is 14.9 Å². The van der Waals surface area contributed by atoms with Crippen molar-refractivity contribution < 1.29 is 9.59 Å². The molecule has 1 saturated heterocycles. The number of halogens is 1. The van der Waals surface area contributed by atoms with Crippen molar-refractivity contribution in [1.29, 1.82) is 0 Å². The maximum absolute atomic E-state index is 11.6. The molecule has 18 heavy (non-hydrogen) atoms. The smallest absolute Gasteiger partial charge is 0.234 e. The fourth-order valence-electron chi connectivity index (χ4n) is 1.84. The van der Waals surface area contributed by atoms with Crippen LogP contribution in [0.15, 0.2) is 18.2 Å². The van der Waals surface area contributed by atoms with Crippen molar-refractivity contribution in [2.24, 2.45) is 0 Å². The molecule has 0 spiro atoms. The molecule has 0 saturated carbocycles. The maximum Gasteiger partial charge on any atom is 0.234 e. The summed E-state index contributed by atoms with van der Waals surface area (Å²) < 4.78 is 0. The number of piperidine rings is 1. The van der Waals surface area contributed by atoms with E-state index in [4.69, 9.17) is 11.6 Å². The summed E-state index contributed by atoms with van der Waals surface area (Å²) >= 11 is 6.01.